The van der Waals surface area contributed by atoms with E-state index in [4.69, 9.17) is 4.74 Å². The second-order valence-corrected chi connectivity index (χ2v) is 5.94. The molecule has 1 rings (SSSR count). The molecule has 4 nitrogen and oxygen atoms in total. The van der Waals surface area contributed by atoms with Crippen LogP contribution in [0.5, 0.6) is 5.88 Å². The molecule has 0 amide bonds. The molecule has 1 N–H and O–H groups in total. The Hall–Kier alpha value is -1.32. The third-order valence-corrected chi connectivity index (χ3v) is 3.23. The van der Waals surface area contributed by atoms with Crippen LogP contribution in [0.15, 0.2) is 12.4 Å². The molecule has 0 aliphatic heterocycles. The van der Waals surface area contributed by atoms with Crippen molar-refractivity contribution in [2.24, 2.45) is 17.8 Å². The molecule has 1 aromatic rings. The first kappa shape index (κ1) is 15.7. The van der Waals surface area contributed by atoms with E-state index in [2.05, 4.69) is 43.0 Å². The van der Waals surface area contributed by atoms with Gasteiger partial charge in [-0.25, -0.2) is 9.97 Å². The number of rotatable bonds is 7. The fourth-order valence-electron chi connectivity index (χ4n) is 2.21. The molecule has 19 heavy (non-hydrogen) atoms. The summed E-state index contributed by atoms with van der Waals surface area (Å²) in [6.07, 6.45) is 1.67. The van der Waals surface area contributed by atoms with Crippen LogP contribution in [-0.4, -0.2) is 22.6 Å². The zero-order valence-electron chi connectivity index (χ0n) is 13.0. The average Bonchev–Trinajstić information content (AvgIpc) is 2.27. The van der Waals surface area contributed by atoms with E-state index in [-0.39, 0.29) is 6.10 Å². The predicted molar refractivity (Wildman–Crippen MR) is 79.5 cm³/mol. The molecular formula is C15H27N3O. The smallest absolute Gasteiger partial charge is 0.218 e. The number of hydrogen-bond donors (Lipinski definition) is 1. The molecular weight excluding hydrogens is 238 g/mol. The van der Waals surface area contributed by atoms with E-state index in [1.807, 2.05) is 19.9 Å². The number of nitrogens with zero attached hydrogens (tertiary/aromatic N) is 2. The molecule has 0 bridgehead atoms. The summed E-state index contributed by atoms with van der Waals surface area (Å²) in [7, 11) is 0. The van der Waals surface area contributed by atoms with Crippen LogP contribution in [0.25, 0.3) is 0 Å². The minimum Gasteiger partial charge on any atom is -0.475 e. The second-order valence-electron chi connectivity index (χ2n) is 5.94. The summed E-state index contributed by atoms with van der Waals surface area (Å²) in [6, 6.07) is 1.86. The second kappa shape index (κ2) is 7.31. The first-order chi connectivity index (χ1) is 8.90. The fraction of sp³-hybridized carbons (Fsp3) is 0.733. The monoisotopic (exact) mass is 265 g/mol. The SMILES string of the molecule is CC(C)Oc1cc(NCC(C(C)C)C(C)C)ncn1. The lowest BCUT2D eigenvalue weighted by Crippen LogP contribution is -2.24. The van der Waals surface area contributed by atoms with Crippen LogP contribution >= 0.6 is 0 Å². The summed E-state index contributed by atoms with van der Waals surface area (Å²) in [5, 5.41) is 3.39. The van der Waals surface area contributed by atoms with E-state index in [9.17, 15) is 0 Å². The Morgan fingerprint density at radius 1 is 1.05 bits per heavy atom. The predicted octanol–water partition coefficient (Wildman–Crippen LogP) is 3.60. The molecule has 0 aliphatic rings. The van der Waals surface area contributed by atoms with E-state index >= 15 is 0 Å². The molecule has 108 valence electrons. The summed E-state index contributed by atoms with van der Waals surface area (Å²) >= 11 is 0. The Labute approximate surface area is 117 Å². The van der Waals surface area contributed by atoms with E-state index in [1.165, 1.54) is 0 Å². The Bertz CT molecular complexity index is 369. The van der Waals surface area contributed by atoms with Gasteiger partial charge in [0.25, 0.3) is 0 Å². The maximum absolute atomic E-state index is 5.57. The highest BCUT2D eigenvalue weighted by Gasteiger charge is 2.17. The van der Waals surface area contributed by atoms with Crippen molar-refractivity contribution in [1.82, 2.24) is 9.97 Å². The minimum atomic E-state index is 0.127. The van der Waals surface area contributed by atoms with Gasteiger partial charge in [-0.2, -0.15) is 0 Å². The third kappa shape index (κ3) is 5.45. The molecule has 1 aromatic heterocycles. The highest BCUT2D eigenvalue weighted by Crippen LogP contribution is 2.21. The minimum absolute atomic E-state index is 0.127. The van der Waals surface area contributed by atoms with Gasteiger partial charge in [0.1, 0.15) is 12.1 Å². The standard InChI is InChI=1S/C15H27N3O/c1-10(2)13(11(3)4)8-16-14-7-15(18-9-17-14)19-12(5)6/h7,9-13H,8H2,1-6H3,(H,16,17,18). The zero-order valence-corrected chi connectivity index (χ0v) is 13.0. The van der Waals surface area contributed by atoms with Crippen LogP contribution in [0.2, 0.25) is 0 Å². The molecule has 0 saturated carbocycles. The fourth-order valence-corrected chi connectivity index (χ4v) is 2.21. The summed E-state index contributed by atoms with van der Waals surface area (Å²) < 4.78 is 5.57. The van der Waals surface area contributed by atoms with Crippen LogP contribution in [0.4, 0.5) is 5.82 Å². The lowest BCUT2D eigenvalue weighted by molar-refractivity contribution is 0.232. The van der Waals surface area contributed by atoms with Crippen molar-refractivity contribution in [3.63, 3.8) is 0 Å². The molecule has 0 fully saturated rings. The van der Waals surface area contributed by atoms with Crippen molar-refractivity contribution in [3.8, 4) is 5.88 Å². The highest BCUT2D eigenvalue weighted by atomic mass is 16.5. The number of ether oxygens (including phenoxy) is 1. The molecule has 0 aliphatic carbocycles. The van der Waals surface area contributed by atoms with Crippen molar-refractivity contribution in [3.05, 3.63) is 12.4 Å². The van der Waals surface area contributed by atoms with Crippen LogP contribution in [0, 0.1) is 17.8 Å². The normalized spacial score (nSPS) is 11.7. The van der Waals surface area contributed by atoms with Gasteiger partial charge in [0.15, 0.2) is 0 Å². The Morgan fingerprint density at radius 2 is 1.68 bits per heavy atom. The summed E-state index contributed by atoms with van der Waals surface area (Å²) in [5.41, 5.74) is 0. The molecule has 0 saturated heterocycles. The van der Waals surface area contributed by atoms with Gasteiger partial charge in [-0.05, 0) is 31.6 Å². The summed E-state index contributed by atoms with van der Waals surface area (Å²) in [4.78, 5) is 8.34. The third-order valence-electron chi connectivity index (χ3n) is 3.23. The number of anilines is 1. The molecule has 1 heterocycles. The molecule has 0 atom stereocenters. The Kier molecular flexibility index (Phi) is 6.06. The van der Waals surface area contributed by atoms with Gasteiger partial charge >= 0.3 is 0 Å². The first-order valence-electron chi connectivity index (χ1n) is 7.12. The van der Waals surface area contributed by atoms with Crippen LogP contribution in [0.3, 0.4) is 0 Å². The van der Waals surface area contributed by atoms with Gasteiger partial charge in [0.2, 0.25) is 5.88 Å². The quantitative estimate of drug-likeness (QED) is 0.818. The molecule has 4 heteroatoms. The number of aromatic nitrogens is 2. The molecule has 0 spiro atoms. The van der Waals surface area contributed by atoms with E-state index < -0.39 is 0 Å². The van der Waals surface area contributed by atoms with Gasteiger partial charge in [-0.3, -0.25) is 0 Å². The van der Waals surface area contributed by atoms with Crippen molar-refractivity contribution in [2.45, 2.75) is 47.6 Å². The van der Waals surface area contributed by atoms with Crippen molar-refractivity contribution in [1.29, 1.82) is 0 Å². The van der Waals surface area contributed by atoms with Gasteiger partial charge in [0.05, 0.1) is 6.10 Å². The van der Waals surface area contributed by atoms with Crippen molar-refractivity contribution >= 4 is 5.82 Å². The molecule has 0 unspecified atom stereocenters. The average molecular weight is 265 g/mol. The van der Waals surface area contributed by atoms with E-state index in [0.717, 1.165) is 12.4 Å². The van der Waals surface area contributed by atoms with Crippen molar-refractivity contribution in [2.75, 3.05) is 11.9 Å². The largest absolute Gasteiger partial charge is 0.475 e. The maximum atomic E-state index is 5.57. The maximum Gasteiger partial charge on any atom is 0.218 e. The van der Waals surface area contributed by atoms with Crippen LogP contribution in [-0.2, 0) is 0 Å². The van der Waals surface area contributed by atoms with Crippen LogP contribution < -0.4 is 10.1 Å². The zero-order chi connectivity index (χ0) is 14.4. The topological polar surface area (TPSA) is 47.0 Å². The van der Waals surface area contributed by atoms with Gasteiger partial charge in [0, 0.05) is 12.6 Å². The highest BCUT2D eigenvalue weighted by molar-refractivity contribution is 5.37. The number of hydrogen-bond acceptors (Lipinski definition) is 4. The lowest BCUT2D eigenvalue weighted by Gasteiger charge is -2.25. The lowest BCUT2D eigenvalue weighted by atomic mass is 9.85. The molecule has 0 radical (unpaired) electrons. The van der Waals surface area contributed by atoms with E-state index in [0.29, 0.717) is 23.6 Å². The Morgan fingerprint density at radius 3 is 2.21 bits per heavy atom. The summed E-state index contributed by atoms with van der Waals surface area (Å²) in [5.74, 6) is 3.39. The Balaban J connectivity index is 2.61. The molecule has 0 aromatic carbocycles. The van der Waals surface area contributed by atoms with Gasteiger partial charge in [-0.1, -0.05) is 27.7 Å². The summed E-state index contributed by atoms with van der Waals surface area (Å²) in [6.45, 7) is 14.0. The van der Waals surface area contributed by atoms with Gasteiger partial charge in [-0.15, -0.1) is 0 Å². The first-order valence-corrected chi connectivity index (χ1v) is 7.12. The van der Waals surface area contributed by atoms with Crippen LogP contribution in [0.1, 0.15) is 41.5 Å². The van der Waals surface area contributed by atoms with Gasteiger partial charge < -0.3 is 10.1 Å². The van der Waals surface area contributed by atoms with Crippen molar-refractivity contribution < 1.29 is 4.74 Å². The van der Waals surface area contributed by atoms with E-state index in [1.54, 1.807) is 6.33 Å². The number of nitrogens with one attached hydrogen (secondary N) is 1.